The Morgan fingerprint density at radius 2 is 1.94 bits per heavy atom. The molecule has 0 spiro atoms. The molecule has 0 bridgehead atoms. The quantitative estimate of drug-likeness (QED) is 0.857. The maximum absolute atomic E-state index is 12.5. The lowest BCUT2D eigenvalue weighted by atomic mass is 10.1. The molecule has 0 aliphatic heterocycles. The lowest BCUT2D eigenvalue weighted by Crippen LogP contribution is -2.08. The first-order valence-electron chi connectivity index (χ1n) is 4.91. The fourth-order valence-corrected chi connectivity index (χ4v) is 1.78. The number of alkyl halides is 3. The van der Waals surface area contributed by atoms with E-state index >= 15 is 0 Å². The van der Waals surface area contributed by atoms with Crippen LogP contribution in [0.2, 0.25) is 5.02 Å². The largest absolute Gasteiger partial charge is 0.433 e. The van der Waals surface area contributed by atoms with Crippen LogP contribution in [0.3, 0.4) is 0 Å². The van der Waals surface area contributed by atoms with Crippen molar-refractivity contribution >= 4 is 28.2 Å². The van der Waals surface area contributed by atoms with E-state index in [0.29, 0.717) is 16.6 Å². The highest BCUT2D eigenvalue weighted by Gasteiger charge is 2.33. The molecule has 0 fully saturated rings. The number of hydrogen-bond donors (Lipinski definition) is 1. The van der Waals surface area contributed by atoms with Gasteiger partial charge in [-0.15, -0.1) is 0 Å². The highest BCUT2D eigenvalue weighted by atomic mass is 35.5. The topological polar surface area (TPSA) is 38.9 Å². The van der Waals surface area contributed by atoms with Crippen LogP contribution in [-0.4, -0.2) is 4.98 Å². The molecule has 2 rings (SSSR count). The Kier molecular flexibility index (Phi) is 2.94. The monoisotopic (exact) mass is 272 g/mol. The first kappa shape index (κ1) is 12.7. The molecule has 2 aromatic rings. The summed E-state index contributed by atoms with van der Waals surface area (Å²) < 4.78 is 37.6. The molecule has 0 aliphatic rings. The van der Waals surface area contributed by atoms with E-state index in [-0.39, 0.29) is 10.5 Å². The Balaban J connectivity index is 2.70. The van der Waals surface area contributed by atoms with Gasteiger partial charge in [-0.25, -0.2) is 4.98 Å². The van der Waals surface area contributed by atoms with Crippen molar-refractivity contribution in [1.82, 2.24) is 4.98 Å². The zero-order valence-electron chi connectivity index (χ0n) is 9.05. The molecule has 0 amide bonds. The predicted molar refractivity (Wildman–Crippen MR) is 65.0 cm³/mol. The van der Waals surface area contributed by atoms with Gasteiger partial charge in [0.05, 0.1) is 10.5 Å². The van der Waals surface area contributed by atoms with Gasteiger partial charge in [-0.05, 0) is 23.8 Å². The fourth-order valence-electron chi connectivity index (χ4n) is 1.53. The molecule has 0 aliphatic carbocycles. The van der Waals surface area contributed by atoms with Gasteiger partial charge in [-0.1, -0.05) is 24.2 Å². The second kappa shape index (κ2) is 4.17. The Hall–Kier alpha value is -1.75. The van der Waals surface area contributed by atoms with E-state index in [9.17, 15) is 13.2 Å². The molecule has 0 radical (unpaired) electrons. The third-order valence-electron chi connectivity index (χ3n) is 2.42. The van der Waals surface area contributed by atoms with Crippen molar-refractivity contribution in [2.75, 3.05) is 0 Å². The number of benzene rings is 1. The summed E-state index contributed by atoms with van der Waals surface area (Å²) in [5.74, 6) is 0. The lowest BCUT2D eigenvalue weighted by molar-refractivity contribution is -0.140. The van der Waals surface area contributed by atoms with Gasteiger partial charge in [0.2, 0.25) is 0 Å². The summed E-state index contributed by atoms with van der Waals surface area (Å²) in [6.45, 7) is 3.55. The lowest BCUT2D eigenvalue weighted by Gasteiger charge is -2.09. The second-order valence-corrected chi connectivity index (χ2v) is 4.15. The maximum Gasteiger partial charge on any atom is 0.433 e. The molecule has 0 saturated heterocycles. The molecule has 1 aromatic carbocycles. The van der Waals surface area contributed by atoms with Crippen LogP contribution in [0.15, 0.2) is 30.8 Å². The van der Waals surface area contributed by atoms with Crippen molar-refractivity contribution < 1.29 is 13.2 Å². The number of hydrogen-bond acceptors (Lipinski definition) is 2. The van der Waals surface area contributed by atoms with Gasteiger partial charge in [-0.3, -0.25) is 0 Å². The second-order valence-electron chi connectivity index (χ2n) is 3.74. The zero-order chi connectivity index (χ0) is 13.5. The number of halogens is 4. The smallest absolute Gasteiger partial charge is 0.399 e. The van der Waals surface area contributed by atoms with Gasteiger partial charge in [0.1, 0.15) is 5.69 Å². The van der Waals surface area contributed by atoms with Crippen LogP contribution in [0.5, 0.6) is 0 Å². The number of nitrogens with zero attached hydrogens (tertiary/aromatic N) is 1. The van der Waals surface area contributed by atoms with Crippen molar-refractivity contribution in [1.29, 1.82) is 0 Å². The number of pyridine rings is 1. The minimum absolute atomic E-state index is 0.0181. The van der Waals surface area contributed by atoms with E-state index in [1.54, 1.807) is 12.1 Å². The summed E-state index contributed by atoms with van der Waals surface area (Å²) in [5, 5.41) is 0.393. The highest BCUT2D eigenvalue weighted by Crippen LogP contribution is 2.33. The molecular weight excluding hydrogens is 265 g/mol. The molecule has 0 unspecified atom stereocenters. The number of aromatic nitrogens is 1. The highest BCUT2D eigenvalue weighted by molar-refractivity contribution is 6.35. The van der Waals surface area contributed by atoms with Gasteiger partial charge in [0.15, 0.2) is 0 Å². The number of nitrogens with two attached hydrogens (primary N) is 1. The molecule has 6 heteroatoms. The Morgan fingerprint density at radius 1 is 1.28 bits per heavy atom. The van der Waals surface area contributed by atoms with Crippen LogP contribution in [0, 0.1) is 0 Å². The zero-order valence-corrected chi connectivity index (χ0v) is 9.81. The first-order valence-corrected chi connectivity index (χ1v) is 5.29. The summed E-state index contributed by atoms with van der Waals surface area (Å²) in [5.41, 5.74) is 5.58. The Morgan fingerprint density at radius 3 is 2.50 bits per heavy atom. The van der Waals surface area contributed by atoms with Gasteiger partial charge >= 0.3 is 6.18 Å². The summed E-state index contributed by atoms with van der Waals surface area (Å²) in [6.07, 6.45) is -4.52. The Bertz CT molecular complexity index is 635. The summed E-state index contributed by atoms with van der Waals surface area (Å²) >= 11 is 5.83. The third kappa shape index (κ3) is 2.26. The number of fused-ring (bicyclic) bond motifs is 1. The number of rotatable bonds is 1. The minimum Gasteiger partial charge on any atom is -0.399 e. The summed E-state index contributed by atoms with van der Waals surface area (Å²) in [4.78, 5) is 3.53. The van der Waals surface area contributed by atoms with Crippen molar-refractivity contribution in [2.45, 2.75) is 6.18 Å². The molecule has 0 atom stereocenters. The molecule has 2 nitrogen and oxygen atoms in total. The van der Waals surface area contributed by atoms with E-state index in [4.69, 9.17) is 17.3 Å². The third-order valence-corrected chi connectivity index (χ3v) is 2.73. The Labute approximate surface area is 106 Å². The van der Waals surface area contributed by atoms with Gasteiger partial charge in [0.25, 0.3) is 0 Å². The molecule has 94 valence electrons. The van der Waals surface area contributed by atoms with Gasteiger partial charge < -0.3 is 5.73 Å². The molecule has 1 aromatic heterocycles. The molecule has 1 heterocycles. The van der Waals surface area contributed by atoms with Crippen LogP contribution in [0.1, 0.15) is 11.3 Å². The SMILES string of the molecule is C=C(N)c1ccc2nc(C(F)(F)F)cc(Cl)c2c1. The maximum atomic E-state index is 12.5. The first-order chi connectivity index (χ1) is 8.29. The van der Waals surface area contributed by atoms with E-state index in [1.165, 1.54) is 6.07 Å². The standard InChI is InChI=1S/C12H8ClF3N2/c1-6(17)7-2-3-10-8(4-7)9(13)5-11(18-10)12(14,15)16/h2-5H,1,17H2. The van der Waals surface area contributed by atoms with Crippen LogP contribution < -0.4 is 5.73 Å². The minimum atomic E-state index is -4.52. The van der Waals surface area contributed by atoms with Gasteiger partial charge in [-0.2, -0.15) is 13.2 Å². The van der Waals surface area contributed by atoms with E-state index in [1.807, 2.05) is 0 Å². The van der Waals surface area contributed by atoms with Crippen molar-refractivity contribution in [3.8, 4) is 0 Å². The van der Waals surface area contributed by atoms with Gasteiger partial charge in [0, 0.05) is 11.1 Å². The molecule has 2 N–H and O–H groups in total. The average Bonchev–Trinajstić information content (AvgIpc) is 2.27. The molecule has 0 saturated carbocycles. The van der Waals surface area contributed by atoms with E-state index in [0.717, 1.165) is 6.07 Å². The van der Waals surface area contributed by atoms with Crippen LogP contribution in [0.4, 0.5) is 13.2 Å². The van der Waals surface area contributed by atoms with Crippen molar-refractivity contribution in [3.63, 3.8) is 0 Å². The van der Waals surface area contributed by atoms with E-state index in [2.05, 4.69) is 11.6 Å². The predicted octanol–water partition coefficient (Wildman–Crippen LogP) is 3.84. The van der Waals surface area contributed by atoms with E-state index < -0.39 is 11.9 Å². The fraction of sp³-hybridized carbons (Fsp3) is 0.0833. The molecular formula is C12H8ClF3N2. The summed E-state index contributed by atoms with van der Waals surface area (Å²) in [7, 11) is 0. The average molecular weight is 273 g/mol. The normalized spacial score (nSPS) is 11.8. The molecule has 18 heavy (non-hydrogen) atoms. The van der Waals surface area contributed by atoms with Crippen LogP contribution >= 0.6 is 11.6 Å². The van der Waals surface area contributed by atoms with Crippen LogP contribution in [0.25, 0.3) is 16.6 Å². The summed E-state index contributed by atoms with van der Waals surface area (Å²) in [6, 6.07) is 5.35. The van der Waals surface area contributed by atoms with Crippen LogP contribution in [-0.2, 0) is 6.18 Å². The van der Waals surface area contributed by atoms with Crippen molar-refractivity contribution in [3.05, 3.63) is 47.1 Å². The van der Waals surface area contributed by atoms with Crippen molar-refractivity contribution in [2.24, 2.45) is 5.73 Å².